The largest absolute Gasteiger partial charge is 0.492 e. The Bertz CT molecular complexity index is 591. The quantitative estimate of drug-likeness (QED) is 0.646. The van der Waals surface area contributed by atoms with Crippen LogP contribution in [-0.2, 0) is 9.59 Å². The highest BCUT2D eigenvalue weighted by molar-refractivity contribution is 6.39. The average Bonchev–Trinajstić information content (AvgIpc) is 2.56. The van der Waals surface area contributed by atoms with E-state index in [1.807, 2.05) is 14.0 Å². The number of nitrogens with zero attached hydrogens (tertiary/aromatic N) is 2. The predicted molar refractivity (Wildman–Crippen MR) is 88.5 cm³/mol. The minimum atomic E-state index is -0.789. The number of anilines is 1. The van der Waals surface area contributed by atoms with Crippen molar-refractivity contribution in [3.8, 4) is 5.75 Å². The second-order valence-electron chi connectivity index (χ2n) is 5.31. The van der Waals surface area contributed by atoms with Crippen LogP contribution in [0.1, 0.15) is 19.8 Å². The minimum absolute atomic E-state index is 0.460. The Kier molecular flexibility index (Phi) is 6.10. The van der Waals surface area contributed by atoms with Gasteiger partial charge in [0.2, 0.25) is 0 Å². The lowest BCUT2D eigenvalue weighted by atomic mass is 10.1. The fourth-order valence-electron chi connectivity index (χ4n) is 2.20. The molecule has 0 aliphatic carbocycles. The van der Waals surface area contributed by atoms with Crippen molar-refractivity contribution in [3.05, 3.63) is 24.3 Å². The van der Waals surface area contributed by atoms with E-state index in [9.17, 15) is 9.59 Å². The molecule has 1 aliphatic heterocycles. The third kappa shape index (κ3) is 5.07. The van der Waals surface area contributed by atoms with Gasteiger partial charge < -0.3 is 15.0 Å². The summed E-state index contributed by atoms with van der Waals surface area (Å²) in [7, 11) is 2.04. The van der Waals surface area contributed by atoms with Crippen LogP contribution >= 0.6 is 0 Å². The fraction of sp³-hybridized carbons (Fsp3) is 0.438. The van der Waals surface area contributed by atoms with E-state index < -0.39 is 11.8 Å². The lowest BCUT2D eigenvalue weighted by molar-refractivity contribution is -0.136. The molecule has 2 amide bonds. The summed E-state index contributed by atoms with van der Waals surface area (Å²) in [5, 5.41) is 6.57. The summed E-state index contributed by atoms with van der Waals surface area (Å²) in [5.41, 5.74) is 3.68. The van der Waals surface area contributed by atoms with Crippen molar-refractivity contribution < 1.29 is 14.3 Å². The Labute approximate surface area is 135 Å². The van der Waals surface area contributed by atoms with E-state index in [-0.39, 0.29) is 0 Å². The van der Waals surface area contributed by atoms with E-state index in [0.717, 1.165) is 31.6 Å². The first-order valence-electron chi connectivity index (χ1n) is 7.67. The zero-order valence-corrected chi connectivity index (χ0v) is 13.5. The molecule has 1 aromatic carbocycles. The lowest BCUT2D eigenvalue weighted by Gasteiger charge is -2.22. The van der Waals surface area contributed by atoms with Crippen LogP contribution in [0.15, 0.2) is 29.4 Å². The molecule has 0 radical (unpaired) electrons. The van der Waals surface area contributed by atoms with Gasteiger partial charge in [0.05, 0.1) is 12.3 Å². The monoisotopic (exact) mass is 318 g/mol. The summed E-state index contributed by atoms with van der Waals surface area (Å²) in [6.45, 7) is 4.13. The number of hydrogen-bond donors (Lipinski definition) is 2. The highest BCUT2D eigenvalue weighted by atomic mass is 16.5. The van der Waals surface area contributed by atoms with Crippen molar-refractivity contribution >= 4 is 23.2 Å². The number of benzene rings is 1. The van der Waals surface area contributed by atoms with Crippen LogP contribution in [-0.4, -0.2) is 49.2 Å². The van der Waals surface area contributed by atoms with Gasteiger partial charge in [0.15, 0.2) is 0 Å². The third-order valence-corrected chi connectivity index (χ3v) is 3.52. The van der Waals surface area contributed by atoms with E-state index in [1.165, 1.54) is 0 Å². The van der Waals surface area contributed by atoms with Gasteiger partial charge >= 0.3 is 11.8 Å². The van der Waals surface area contributed by atoms with Gasteiger partial charge in [-0.25, -0.2) is 5.43 Å². The molecule has 0 unspecified atom stereocenters. The lowest BCUT2D eigenvalue weighted by Crippen LogP contribution is -2.35. The molecule has 1 aliphatic rings. The number of ether oxygens (including phenoxy) is 1. The molecule has 1 aromatic rings. The molecule has 0 saturated carbocycles. The Morgan fingerprint density at radius 1 is 1.22 bits per heavy atom. The summed E-state index contributed by atoms with van der Waals surface area (Å²) < 4.78 is 5.40. The molecule has 0 bridgehead atoms. The number of amides is 2. The van der Waals surface area contributed by atoms with Crippen LogP contribution < -0.4 is 15.5 Å². The SMILES string of the molecule is CCOc1ccccc1NC(=O)C(=O)NN=C1CCN(C)CC1. The molecule has 2 N–H and O–H groups in total. The standard InChI is InChI=1S/C16H22N4O3/c1-3-23-14-7-5-4-6-13(14)17-15(21)16(22)19-18-12-8-10-20(2)11-9-12/h4-7H,3,8-11H2,1-2H3,(H,17,21)(H,19,22). The van der Waals surface area contributed by atoms with Gasteiger partial charge in [-0.1, -0.05) is 12.1 Å². The Hall–Kier alpha value is -2.41. The van der Waals surface area contributed by atoms with Gasteiger partial charge in [0.25, 0.3) is 0 Å². The van der Waals surface area contributed by atoms with E-state index in [1.54, 1.807) is 24.3 Å². The highest BCUT2D eigenvalue weighted by Crippen LogP contribution is 2.23. The zero-order valence-electron chi connectivity index (χ0n) is 13.5. The van der Waals surface area contributed by atoms with Gasteiger partial charge in [-0.05, 0) is 26.1 Å². The Balaban J connectivity index is 1.90. The first-order chi connectivity index (χ1) is 11.1. The first-order valence-corrected chi connectivity index (χ1v) is 7.67. The smallest absolute Gasteiger partial charge is 0.329 e. The van der Waals surface area contributed by atoms with E-state index in [0.29, 0.717) is 18.0 Å². The van der Waals surface area contributed by atoms with E-state index in [2.05, 4.69) is 20.7 Å². The average molecular weight is 318 g/mol. The number of rotatable bonds is 4. The second-order valence-corrected chi connectivity index (χ2v) is 5.31. The summed E-state index contributed by atoms with van der Waals surface area (Å²) in [6, 6.07) is 6.97. The van der Waals surface area contributed by atoms with Crippen LogP contribution in [0.3, 0.4) is 0 Å². The Morgan fingerprint density at radius 2 is 1.91 bits per heavy atom. The summed E-state index contributed by atoms with van der Waals surface area (Å²) in [4.78, 5) is 26.0. The van der Waals surface area contributed by atoms with Crippen LogP contribution in [0.25, 0.3) is 0 Å². The minimum Gasteiger partial charge on any atom is -0.492 e. The van der Waals surface area contributed by atoms with E-state index in [4.69, 9.17) is 4.74 Å². The van der Waals surface area contributed by atoms with Gasteiger partial charge in [0, 0.05) is 31.6 Å². The number of nitrogens with one attached hydrogen (secondary N) is 2. The highest BCUT2D eigenvalue weighted by Gasteiger charge is 2.16. The predicted octanol–water partition coefficient (Wildman–Crippen LogP) is 1.22. The second kappa shape index (κ2) is 8.28. The van der Waals surface area contributed by atoms with Gasteiger partial charge in [-0.3, -0.25) is 9.59 Å². The number of likely N-dealkylation sites (tertiary alicyclic amines) is 1. The number of piperidine rings is 1. The van der Waals surface area contributed by atoms with Gasteiger partial charge in [0.1, 0.15) is 5.75 Å². The number of hydrogen-bond acceptors (Lipinski definition) is 5. The summed E-state index contributed by atoms with van der Waals surface area (Å²) >= 11 is 0. The van der Waals surface area contributed by atoms with Crippen LogP contribution in [0.5, 0.6) is 5.75 Å². The molecule has 1 fully saturated rings. The number of hydrazone groups is 1. The maximum Gasteiger partial charge on any atom is 0.329 e. The van der Waals surface area contributed by atoms with Crippen molar-refractivity contribution in [2.75, 3.05) is 32.1 Å². The van der Waals surface area contributed by atoms with Crippen LogP contribution in [0.2, 0.25) is 0 Å². The van der Waals surface area contributed by atoms with E-state index >= 15 is 0 Å². The molecule has 0 atom stereocenters. The van der Waals surface area contributed by atoms with Crippen LogP contribution in [0.4, 0.5) is 5.69 Å². The summed E-state index contributed by atoms with van der Waals surface area (Å²) in [6.07, 6.45) is 1.59. The molecule has 1 heterocycles. The molecule has 0 spiro atoms. The number of carbonyl (C=O) groups is 2. The van der Waals surface area contributed by atoms with Gasteiger partial charge in [-0.2, -0.15) is 5.10 Å². The molecule has 7 heteroatoms. The molecular weight excluding hydrogens is 296 g/mol. The topological polar surface area (TPSA) is 83.0 Å². The van der Waals surface area contributed by atoms with Gasteiger partial charge in [-0.15, -0.1) is 0 Å². The number of carbonyl (C=O) groups excluding carboxylic acids is 2. The Morgan fingerprint density at radius 3 is 2.61 bits per heavy atom. The normalized spacial score (nSPS) is 15.0. The molecule has 7 nitrogen and oxygen atoms in total. The first kappa shape index (κ1) is 17.0. The molecule has 0 aromatic heterocycles. The van der Waals surface area contributed by atoms with Crippen molar-refractivity contribution in [2.45, 2.75) is 19.8 Å². The van der Waals surface area contributed by atoms with Crippen LogP contribution in [0, 0.1) is 0 Å². The molecule has 124 valence electrons. The molecule has 2 rings (SSSR count). The van der Waals surface area contributed by atoms with Crippen molar-refractivity contribution in [2.24, 2.45) is 5.10 Å². The third-order valence-electron chi connectivity index (χ3n) is 3.52. The molecular formula is C16H22N4O3. The van der Waals surface area contributed by atoms with Crippen molar-refractivity contribution in [3.63, 3.8) is 0 Å². The maximum absolute atomic E-state index is 11.9. The zero-order chi connectivity index (χ0) is 16.7. The molecule has 1 saturated heterocycles. The van der Waals surface area contributed by atoms with Crippen molar-refractivity contribution in [1.82, 2.24) is 10.3 Å². The fourth-order valence-corrected chi connectivity index (χ4v) is 2.20. The van der Waals surface area contributed by atoms with Crippen molar-refractivity contribution in [1.29, 1.82) is 0 Å². The maximum atomic E-state index is 11.9. The number of para-hydroxylation sites is 2. The summed E-state index contributed by atoms with van der Waals surface area (Å²) in [5.74, 6) is -1.03. The molecule has 23 heavy (non-hydrogen) atoms.